The number of thioether (sulfide) groups is 2. The third-order valence-corrected chi connectivity index (χ3v) is 9.53. The fraction of sp³-hybridized carbons (Fsp3) is 0.562. The number of amides is 1. The van der Waals surface area contributed by atoms with Crippen LogP contribution < -0.4 is 5.32 Å². The molecule has 0 radical (unpaired) electrons. The summed E-state index contributed by atoms with van der Waals surface area (Å²) in [6.45, 7) is 4.29. The molecule has 0 aliphatic heterocycles. The van der Waals surface area contributed by atoms with E-state index in [2.05, 4.69) is 43.4 Å². The molecule has 2 unspecified atom stereocenters. The maximum atomic E-state index is 13.4. The molecule has 1 aliphatic rings. The first-order valence-corrected chi connectivity index (χ1v) is 16.8. The fourth-order valence-corrected chi connectivity index (χ4v) is 6.88. The number of hydrogen-bond acceptors (Lipinski definition) is 4. The monoisotopic (exact) mass is 563 g/mol. The molecule has 0 heterocycles. The van der Waals surface area contributed by atoms with Crippen molar-refractivity contribution >= 4 is 54.3 Å². The van der Waals surface area contributed by atoms with Crippen molar-refractivity contribution in [1.29, 1.82) is 0 Å². The third-order valence-electron chi connectivity index (χ3n) is 7.77. The number of benzene rings is 2. The molecule has 4 nitrogen and oxygen atoms in total. The number of carbonyl (C=O) groups excluding carboxylic acids is 1. The number of rotatable bonds is 15. The summed E-state index contributed by atoms with van der Waals surface area (Å²) in [5, 5.41) is 12.4. The van der Waals surface area contributed by atoms with Gasteiger partial charge in [-0.05, 0) is 89.9 Å². The Labute approximate surface area is 256 Å². The predicted molar refractivity (Wildman–Crippen MR) is 172 cm³/mol. The van der Waals surface area contributed by atoms with Gasteiger partial charge in [-0.2, -0.15) is 23.5 Å². The average molecular weight is 564 g/mol. The van der Waals surface area contributed by atoms with Crippen LogP contribution in [0.25, 0.3) is 11.1 Å². The second kappa shape index (κ2) is 18.2. The Balaban J connectivity index is 0.00000533. The Bertz CT molecular complexity index is 1040. The van der Waals surface area contributed by atoms with Crippen LogP contribution in [0.4, 0.5) is 0 Å². The van der Waals surface area contributed by atoms with Crippen LogP contribution in [0.2, 0.25) is 0 Å². The molecule has 0 saturated heterocycles. The van der Waals surface area contributed by atoms with Gasteiger partial charge in [0.25, 0.3) is 5.91 Å². The molecule has 2 aromatic rings. The molecule has 7 heteroatoms. The Kier molecular flexibility index (Phi) is 15.8. The van der Waals surface area contributed by atoms with Gasteiger partial charge in [-0.3, -0.25) is 4.79 Å². The molecule has 210 valence electrons. The Hall–Kier alpha value is -1.32. The first-order valence-electron chi connectivity index (χ1n) is 14.2. The van der Waals surface area contributed by atoms with Crippen molar-refractivity contribution < 1.29 is 14.7 Å². The average Bonchev–Trinajstić information content (AvgIpc) is 2.93. The van der Waals surface area contributed by atoms with E-state index in [1.807, 2.05) is 36.2 Å². The van der Waals surface area contributed by atoms with Crippen molar-refractivity contribution in [1.82, 2.24) is 5.32 Å². The number of aliphatic carboxylic acids is 1. The summed E-state index contributed by atoms with van der Waals surface area (Å²) in [6, 6.07) is 13.4. The molecular formula is C32H46LiNO3S2. The van der Waals surface area contributed by atoms with Crippen molar-refractivity contribution in [2.24, 2.45) is 11.8 Å². The van der Waals surface area contributed by atoms with Crippen LogP contribution in [0.5, 0.6) is 0 Å². The van der Waals surface area contributed by atoms with E-state index in [0.29, 0.717) is 23.7 Å². The van der Waals surface area contributed by atoms with Crippen LogP contribution >= 0.6 is 23.5 Å². The molecule has 1 saturated carbocycles. The first kappa shape index (κ1) is 33.9. The van der Waals surface area contributed by atoms with Crippen molar-refractivity contribution in [3.8, 4) is 11.1 Å². The van der Waals surface area contributed by atoms with Crippen molar-refractivity contribution in [3.63, 3.8) is 0 Å². The van der Waals surface area contributed by atoms with E-state index in [9.17, 15) is 14.7 Å². The number of nitrogens with one attached hydrogen (secondary N) is 1. The van der Waals surface area contributed by atoms with Crippen molar-refractivity contribution in [2.45, 2.75) is 77.7 Å². The van der Waals surface area contributed by atoms with Gasteiger partial charge in [0.05, 0.1) is 0 Å². The summed E-state index contributed by atoms with van der Waals surface area (Å²) in [5.74, 6) is 3.18. The summed E-state index contributed by atoms with van der Waals surface area (Å²) in [5.41, 5.74) is 4.81. The number of carbonyl (C=O) groups is 2. The van der Waals surface area contributed by atoms with E-state index in [1.54, 1.807) is 11.8 Å². The number of hydrogen-bond donors (Lipinski definition) is 2. The molecule has 0 aromatic heterocycles. The molecule has 39 heavy (non-hydrogen) atoms. The summed E-state index contributed by atoms with van der Waals surface area (Å²) in [6.07, 6.45) is 12.9. The molecular weight excluding hydrogens is 517 g/mol. The van der Waals surface area contributed by atoms with E-state index in [1.165, 1.54) is 56.3 Å². The molecule has 3 rings (SSSR count). The molecule has 2 N–H and O–H groups in total. The van der Waals surface area contributed by atoms with Gasteiger partial charge < -0.3 is 10.4 Å². The van der Waals surface area contributed by atoms with E-state index >= 15 is 0 Å². The summed E-state index contributed by atoms with van der Waals surface area (Å²) < 4.78 is 0. The minimum atomic E-state index is -0.990. The Morgan fingerprint density at radius 2 is 1.79 bits per heavy atom. The zero-order chi connectivity index (χ0) is 27.3. The molecule has 2 atom stereocenters. The molecule has 1 fully saturated rings. The zero-order valence-electron chi connectivity index (χ0n) is 23.3. The van der Waals surface area contributed by atoms with Gasteiger partial charge in [0, 0.05) is 5.56 Å². The fourth-order valence-electron chi connectivity index (χ4n) is 5.55. The molecule has 1 amide bonds. The normalized spacial score (nSPS) is 15.3. The number of aryl methyl sites for hydroxylation is 1. The minimum absolute atomic E-state index is 0. The molecule has 2 aromatic carbocycles. The topological polar surface area (TPSA) is 66.4 Å². The number of carboxylic acid groups (broad SMARTS) is 1. The van der Waals surface area contributed by atoms with Gasteiger partial charge in [0.2, 0.25) is 0 Å². The summed E-state index contributed by atoms with van der Waals surface area (Å²) >= 11 is 3.61. The van der Waals surface area contributed by atoms with E-state index in [4.69, 9.17) is 0 Å². The Morgan fingerprint density at radius 3 is 2.46 bits per heavy atom. The number of carboxylic acids is 1. The van der Waals surface area contributed by atoms with Crippen LogP contribution in [0.1, 0.15) is 79.8 Å². The second-order valence-electron chi connectivity index (χ2n) is 10.7. The van der Waals surface area contributed by atoms with E-state index in [0.717, 1.165) is 34.8 Å². The van der Waals surface area contributed by atoms with Crippen molar-refractivity contribution in [2.75, 3.05) is 23.5 Å². The van der Waals surface area contributed by atoms with Gasteiger partial charge in [-0.25, -0.2) is 4.79 Å². The molecule has 0 bridgehead atoms. The molecule has 0 spiro atoms. The summed E-state index contributed by atoms with van der Waals surface area (Å²) in [4.78, 5) is 25.2. The predicted octanol–water partition coefficient (Wildman–Crippen LogP) is 7.22. The van der Waals surface area contributed by atoms with Crippen LogP contribution in [-0.2, 0) is 11.2 Å². The van der Waals surface area contributed by atoms with Crippen LogP contribution in [0.3, 0.4) is 0 Å². The van der Waals surface area contributed by atoms with E-state index < -0.39 is 12.0 Å². The quantitative estimate of drug-likeness (QED) is 0.224. The van der Waals surface area contributed by atoms with Gasteiger partial charge in [0.15, 0.2) is 0 Å². The first-order chi connectivity index (χ1) is 18.4. The van der Waals surface area contributed by atoms with Crippen LogP contribution in [0.15, 0.2) is 42.5 Å². The summed E-state index contributed by atoms with van der Waals surface area (Å²) in [7, 11) is 0. The van der Waals surface area contributed by atoms with Crippen molar-refractivity contribution in [3.05, 3.63) is 59.2 Å². The van der Waals surface area contributed by atoms with E-state index in [-0.39, 0.29) is 24.8 Å². The van der Waals surface area contributed by atoms with Gasteiger partial charge >= 0.3 is 24.8 Å². The van der Waals surface area contributed by atoms with Crippen LogP contribution in [-0.4, -0.2) is 65.4 Å². The second-order valence-corrected chi connectivity index (χ2v) is 13.0. The SMILES string of the molecule is CCSCC(CCC1CCCCC1)Cc1ccc(C(=O)NC(CCSC)C(=O)O)c(-c2ccccc2C)c1.[LiH]. The van der Waals surface area contributed by atoms with Gasteiger partial charge in [0.1, 0.15) is 6.04 Å². The Morgan fingerprint density at radius 1 is 1.05 bits per heavy atom. The van der Waals surface area contributed by atoms with Crippen LogP contribution in [0, 0.1) is 18.8 Å². The van der Waals surface area contributed by atoms with Gasteiger partial charge in [-0.15, -0.1) is 0 Å². The third kappa shape index (κ3) is 10.9. The maximum absolute atomic E-state index is 13.4. The standard InChI is InChI=1S/C32H45NO3S2.Li.H/c1-4-38-22-26(15-14-24-11-6-5-7-12-24)20-25-16-17-28(29(21-25)27-13-9-8-10-23(27)2)31(34)33-30(32(35)36)18-19-37-3;;/h8-10,13,16-17,21,24,26,30H,4-7,11-12,14-15,18-20,22H2,1-3H3,(H,33,34)(H,35,36);;. The zero-order valence-corrected chi connectivity index (χ0v) is 25.0. The molecule has 1 aliphatic carbocycles. The van der Waals surface area contributed by atoms with Gasteiger partial charge in [-0.1, -0.05) is 81.8 Å².